The molecule has 0 aliphatic carbocycles. The maximum Gasteiger partial charge on any atom is 0.270 e. The van der Waals surface area contributed by atoms with E-state index < -0.39 is 0 Å². The van der Waals surface area contributed by atoms with E-state index in [4.69, 9.17) is 4.74 Å². The summed E-state index contributed by atoms with van der Waals surface area (Å²) in [5, 5.41) is 8.43. The van der Waals surface area contributed by atoms with Crippen molar-refractivity contribution in [1.82, 2.24) is 10.3 Å². The lowest BCUT2D eigenvalue weighted by Crippen LogP contribution is -2.27. The molecule has 1 aromatic carbocycles. The van der Waals surface area contributed by atoms with Crippen LogP contribution in [0.15, 0.2) is 35.7 Å². The van der Waals surface area contributed by atoms with E-state index in [-0.39, 0.29) is 5.91 Å². The van der Waals surface area contributed by atoms with E-state index in [1.54, 1.807) is 12.5 Å². The minimum absolute atomic E-state index is 0.175. The summed E-state index contributed by atoms with van der Waals surface area (Å²) in [6.07, 6.45) is 0. The lowest BCUT2D eigenvalue weighted by Gasteiger charge is -2.02. The topological polar surface area (TPSA) is 63.2 Å². The number of anilines is 1. The molecule has 1 amide bonds. The number of ether oxygens (including phenoxy) is 1. The van der Waals surface area contributed by atoms with Crippen LogP contribution in [0.4, 0.5) is 5.13 Å². The summed E-state index contributed by atoms with van der Waals surface area (Å²) in [6.45, 7) is 1.67. The Labute approximate surface area is 122 Å². The quantitative estimate of drug-likeness (QED) is 0.767. The van der Waals surface area contributed by atoms with Crippen LogP contribution in [0.3, 0.4) is 0 Å². The van der Waals surface area contributed by atoms with Crippen molar-refractivity contribution in [3.63, 3.8) is 0 Å². The van der Waals surface area contributed by atoms with Gasteiger partial charge in [-0.25, -0.2) is 4.98 Å². The van der Waals surface area contributed by atoms with Crippen LogP contribution >= 0.6 is 11.3 Å². The Kier molecular flexibility index (Phi) is 5.52. The fraction of sp³-hybridized carbons (Fsp3) is 0.286. The van der Waals surface area contributed by atoms with Crippen molar-refractivity contribution in [2.24, 2.45) is 0 Å². The van der Waals surface area contributed by atoms with Crippen LogP contribution in [0, 0.1) is 0 Å². The smallest absolute Gasteiger partial charge is 0.270 e. The Morgan fingerprint density at radius 2 is 2.15 bits per heavy atom. The molecule has 6 heteroatoms. The summed E-state index contributed by atoms with van der Waals surface area (Å²) in [5.74, 6) is -0.175. The number of nitrogens with one attached hydrogen (secondary N) is 2. The third kappa shape index (κ3) is 4.32. The molecule has 0 radical (unpaired) electrons. The van der Waals surface area contributed by atoms with Gasteiger partial charge in [0.2, 0.25) is 0 Å². The van der Waals surface area contributed by atoms with Crippen molar-refractivity contribution in [2.75, 3.05) is 25.6 Å². The van der Waals surface area contributed by atoms with E-state index in [0.717, 1.165) is 5.13 Å². The van der Waals surface area contributed by atoms with Gasteiger partial charge in [0.15, 0.2) is 5.13 Å². The summed E-state index contributed by atoms with van der Waals surface area (Å²) in [6, 6.07) is 10.0. The highest BCUT2D eigenvalue weighted by Crippen LogP contribution is 2.16. The summed E-state index contributed by atoms with van der Waals surface area (Å²) in [4.78, 5) is 16.0. The van der Waals surface area contributed by atoms with Crippen molar-refractivity contribution in [1.29, 1.82) is 0 Å². The number of benzene rings is 1. The number of carbonyl (C=O) groups is 1. The van der Waals surface area contributed by atoms with E-state index in [0.29, 0.717) is 25.4 Å². The molecule has 0 saturated carbocycles. The van der Waals surface area contributed by atoms with Crippen molar-refractivity contribution in [3.8, 4) is 0 Å². The Balaban J connectivity index is 1.84. The van der Waals surface area contributed by atoms with Gasteiger partial charge in [0.05, 0.1) is 6.61 Å². The van der Waals surface area contributed by atoms with Gasteiger partial charge in [-0.3, -0.25) is 4.79 Å². The number of thiazole rings is 1. The number of aromatic nitrogens is 1. The fourth-order valence-electron chi connectivity index (χ4n) is 1.59. The Bertz CT molecular complexity index is 542. The molecule has 0 fully saturated rings. The molecule has 0 spiro atoms. The van der Waals surface area contributed by atoms with Gasteiger partial charge >= 0.3 is 0 Å². The summed E-state index contributed by atoms with van der Waals surface area (Å²) in [7, 11) is 1.60. The third-order valence-corrected chi connectivity index (χ3v) is 3.42. The number of hydrogen-bond acceptors (Lipinski definition) is 5. The second kappa shape index (κ2) is 7.62. The van der Waals surface area contributed by atoms with E-state index >= 15 is 0 Å². The van der Waals surface area contributed by atoms with E-state index in [9.17, 15) is 4.79 Å². The first-order chi connectivity index (χ1) is 9.79. The Hall–Kier alpha value is -1.92. The van der Waals surface area contributed by atoms with Gasteiger partial charge in [0.25, 0.3) is 5.91 Å². The number of hydrogen-bond donors (Lipinski definition) is 2. The molecular formula is C14H17N3O2S. The molecule has 0 atom stereocenters. The number of carbonyl (C=O) groups excluding carboxylic acids is 1. The highest BCUT2D eigenvalue weighted by atomic mass is 32.1. The minimum Gasteiger partial charge on any atom is -0.383 e. The second-order valence-electron chi connectivity index (χ2n) is 4.13. The molecule has 0 unspecified atom stereocenters. The van der Waals surface area contributed by atoms with E-state index in [1.807, 2.05) is 30.3 Å². The van der Waals surface area contributed by atoms with Gasteiger partial charge in [-0.1, -0.05) is 30.3 Å². The first-order valence-corrected chi connectivity index (χ1v) is 7.18. The van der Waals surface area contributed by atoms with Gasteiger partial charge in [-0.2, -0.15) is 0 Å². The SMILES string of the molecule is COCCNC(=O)c1csc(NCc2ccccc2)n1. The molecular weight excluding hydrogens is 274 g/mol. The monoisotopic (exact) mass is 291 g/mol. The standard InChI is InChI=1S/C14H17N3O2S/c1-19-8-7-15-13(18)12-10-20-14(17-12)16-9-11-5-3-2-4-6-11/h2-6,10H,7-9H2,1H3,(H,15,18)(H,16,17). The highest BCUT2D eigenvalue weighted by molar-refractivity contribution is 7.13. The van der Waals surface area contributed by atoms with E-state index in [2.05, 4.69) is 15.6 Å². The number of amides is 1. The Morgan fingerprint density at radius 3 is 2.90 bits per heavy atom. The predicted molar refractivity (Wildman–Crippen MR) is 80.1 cm³/mol. The largest absolute Gasteiger partial charge is 0.383 e. The lowest BCUT2D eigenvalue weighted by atomic mass is 10.2. The average Bonchev–Trinajstić information content (AvgIpc) is 2.95. The summed E-state index contributed by atoms with van der Waals surface area (Å²) in [5.41, 5.74) is 1.61. The molecule has 106 valence electrons. The molecule has 5 nitrogen and oxygen atoms in total. The Morgan fingerprint density at radius 1 is 1.35 bits per heavy atom. The zero-order valence-corrected chi connectivity index (χ0v) is 12.1. The summed E-state index contributed by atoms with van der Waals surface area (Å²) < 4.78 is 4.88. The van der Waals surface area contributed by atoms with Crippen molar-refractivity contribution in [2.45, 2.75) is 6.54 Å². The maximum absolute atomic E-state index is 11.8. The normalized spacial score (nSPS) is 10.2. The fourth-order valence-corrected chi connectivity index (χ4v) is 2.28. The molecule has 0 saturated heterocycles. The molecule has 1 aromatic heterocycles. The zero-order valence-electron chi connectivity index (χ0n) is 11.3. The van der Waals surface area contributed by atoms with Gasteiger partial charge < -0.3 is 15.4 Å². The molecule has 0 aliphatic heterocycles. The highest BCUT2D eigenvalue weighted by Gasteiger charge is 2.09. The number of rotatable bonds is 7. The van der Waals surface area contributed by atoms with Crippen molar-refractivity contribution >= 4 is 22.4 Å². The van der Waals surface area contributed by atoms with Crippen LogP contribution in [0.25, 0.3) is 0 Å². The van der Waals surface area contributed by atoms with Crippen LogP contribution in [0.5, 0.6) is 0 Å². The number of methoxy groups -OCH3 is 1. The van der Waals surface area contributed by atoms with Crippen LogP contribution < -0.4 is 10.6 Å². The van der Waals surface area contributed by atoms with Crippen LogP contribution in [0.2, 0.25) is 0 Å². The molecule has 20 heavy (non-hydrogen) atoms. The van der Waals surface area contributed by atoms with E-state index in [1.165, 1.54) is 16.9 Å². The van der Waals surface area contributed by atoms with Gasteiger partial charge in [-0.05, 0) is 5.56 Å². The van der Waals surface area contributed by atoms with Crippen molar-refractivity contribution in [3.05, 3.63) is 47.0 Å². The minimum atomic E-state index is -0.175. The van der Waals surface area contributed by atoms with Gasteiger partial charge in [0.1, 0.15) is 5.69 Å². The van der Waals surface area contributed by atoms with Gasteiger partial charge in [0, 0.05) is 25.6 Å². The number of nitrogens with zero attached hydrogens (tertiary/aromatic N) is 1. The first kappa shape index (κ1) is 14.5. The first-order valence-electron chi connectivity index (χ1n) is 6.30. The third-order valence-electron chi connectivity index (χ3n) is 2.62. The molecule has 2 N–H and O–H groups in total. The molecule has 2 aromatic rings. The van der Waals surface area contributed by atoms with Crippen LogP contribution in [-0.4, -0.2) is 31.2 Å². The molecule has 1 heterocycles. The maximum atomic E-state index is 11.8. The summed E-state index contributed by atoms with van der Waals surface area (Å²) >= 11 is 1.42. The second-order valence-corrected chi connectivity index (χ2v) is 4.98. The molecule has 0 aliphatic rings. The lowest BCUT2D eigenvalue weighted by molar-refractivity contribution is 0.0933. The zero-order chi connectivity index (χ0) is 14.2. The van der Waals surface area contributed by atoms with Crippen molar-refractivity contribution < 1.29 is 9.53 Å². The predicted octanol–water partition coefficient (Wildman–Crippen LogP) is 2.13. The van der Waals surface area contributed by atoms with Crippen LogP contribution in [0.1, 0.15) is 16.1 Å². The molecule has 0 bridgehead atoms. The average molecular weight is 291 g/mol. The van der Waals surface area contributed by atoms with Crippen LogP contribution in [-0.2, 0) is 11.3 Å². The molecule has 2 rings (SSSR count). The van der Waals surface area contributed by atoms with Gasteiger partial charge in [-0.15, -0.1) is 11.3 Å².